The fourth-order valence-corrected chi connectivity index (χ4v) is 2.01. The number of piperazine rings is 1. The third kappa shape index (κ3) is 5.22. The van der Waals surface area contributed by atoms with Gasteiger partial charge in [0.15, 0.2) is 0 Å². The lowest BCUT2D eigenvalue weighted by Gasteiger charge is -2.25. The SMILES string of the molecule is FC(F)(F)Oc1ccc(/C=C/CN2CCNCC2)cc1. The van der Waals surface area contributed by atoms with Gasteiger partial charge in [-0.25, -0.2) is 0 Å². The van der Waals surface area contributed by atoms with Gasteiger partial charge in [0.2, 0.25) is 0 Å². The number of hydrogen-bond acceptors (Lipinski definition) is 3. The molecule has 3 nitrogen and oxygen atoms in total. The molecule has 1 fully saturated rings. The fourth-order valence-electron chi connectivity index (χ4n) is 2.01. The molecule has 0 radical (unpaired) electrons. The summed E-state index contributed by atoms with van der Waals surface area (Å²) in [5, 5.41) is 3.28. The van der Waals surface area contributed by atoms with Crippen LogP contribution in [0.4, 0.5) is 13.2 Å². The Balaban J connectivity index is 1.83. The summed E-state index contributed by atoms with van der Waals surface area (Å²) in [5.74, 6) is -0.197. The van der Waals surface area contributed by atoms with Gasteiger partial charge >= 0.3 is 6.36 Å². The number of alkyl halides is 3. The number of halogens is 3. The maximum absolute atomic E-state index is 12.0. The summed E-state index contributed by atoms with van der Waals surface area (Å²) < 4.78 is 39.8. The first kappa shape index (κ1) is 14.9. The molecule has 1 heterocycles. The second-order valence-corrected chi connectivity index (χ2v) is 4.57. The molecule has 2 rings (SSSR count). The molecule has 0 atom stereocenters. The minimum absolute atomic E-state index is 0.197. The Kier molecular flexibility index (Phi) is 5.03. The van der Waals surface area contributed by atoms with Crippen LogP contribution in [0.2, 0.25) is 0 Å². The molecule has 110 valence electrons. The van der Waals surface area contributed by atoms with Crippen molar-refractivity contribution in [1.82, 2.24) is 10.2 Å². The van der Waals surface area contributed by atoms with Crippen LogP contribution in [0.3, 0.4) is 0 Å². The van der Waals surface area contributed by atoms with Crippen molar-refractivity contribution in [1.29, 1.82) is 0 Å². The van der Waals surface area contributed by atoms with Gasteiger partial charge in [-0.3, -0.25) is 4.90 Å². The van der Waals surface area contributed by atoms with Crippen molar-refractivity contribution in [3.05, 3.63) is 35.9 Å². The zero-order valence-electron chi connectivity index (χ0n) is 11.0. The summed E-state index contributed by atoms with van der Waals surface area (Å²) in [6.07, 6.45) is -0.718. The smallest absolute Gasteiger partial charge is 0.406 e. The van der Waals surface area contributed by atoms with Crippen molar-refractivity contribution in [2.45, 2.75) is 6.36 Å². The second-order valence-electron chi connectivity index (χ2n) is 4.57. The van der Waals surface area contributed by atoms with E-state index in [9.17, 15) is 13.2 Å². The molecule has 0 aromatic heterocycles. The summed E-state index contributed by atoms with van der Waals surface area (Å²) in [5.41, 5.74) is 0.856. The summed E-state index contributed by atoms with van der Waals surface area (Å²) in [7, 11) is 0. The van der Waals surface area contributed by atoms with Gasteiger partial charge in [-0.05, 0) is 17.7 Å². The molecule has 1 N–H and O–H groups in total. The van der Waals surface area contributed by atoms with Crippen molar-refractivity contribution >= 4 is 6.08 Å². The number of hydrogen-bond donors (Lipinski definition) is 1. The standard InChI is InChI=1S/C14H17F3N2O/c15-14(16,17)20-13-5-3-12(4-6-13)2-1-9-19-10-7-18-8-11-19/h1-6,18H,7-11H2/b2-1+. The Morgan fingerprint density at radius 1 is 1.15 bits per heavy atom. The van der Waals surface area contributed by atoms with Crippen molar-refractivity contribution in [2.75, 3.05) is 32.7 Å². The average Bonchev–Trinajstić information content (AvgIpc) is 2.40. The van der Waals surface area contributed by atoms with Crippen molar-refractivity contribution in [3.8, 4) is 5.75 Å². The van der Waals surface area contributed by atoms with Crippen molar-refractivity contribution in [3.63, 3.8) is 0 Å². The fraction of sp³-hybridized carbons (Fsp3) is 0.429. The third-order valence-electron chi connectivity index (χ3n) is 3.00. The normalized spacial score (nSPS) is 17.6. The van der Waals surface area contributed by atoms with E-state index in [1.807, 2.05) is 12.2 Å². The predicted octanol–water partition coefficient (Wildman–Crippen LogP) is 2.50. The molecule has 20 heavy (non-hydrogen) atoms. The molecule has 1 aliphatic heterocycles. The lowest BCUT2D eigenvalue weighted by molar-refractivity contribution is -0.274. The number of nitrogens with one attached hydrogen (secondary N) is 1. The summed E-state index contributed by atoms with van der Waals surface area (Å²) in [6.45, 7) is 4.88. The van der Waals surface area contributed by atoms with Gasteiger partial charge in [-0.1, -0.05) is 24.3 Å². The first-order chi connectivity index (χ1) is 9.53. The van der Waals surface area contributed by atoms with E-state index >= 15 is 0 Å². The third-order valence-corrected chi connectivity index (χ3v) is 3.00. The molecular weight excluding hydrogens is 269 g/mol. The van der Waals surface area contributed by atoms with E-state index in [2.05, 4.69) is 15.0 Å². The van der Waals surface area contributed by atoms with Crippen LogP contribution in [0.1, 0.15) is 5.56 Å². The van der Waals surface area contributed by atoms with E-state index in [-0.39, 0.29) is 5.75 Å². The van der Waals surface area contributed by atoms with Crippen LogP contribution < -0.4 is 10.1 Å². The van der Waals surface area contributed by atoms with Gasteiger partial charge in [0.05, 0.1) is 0 Å². The average molecular weight is 286 g/mol. The van der Waals surface area contributed by atoms with E-state index < -0.39 is 6.36 Å². The minimum Gasteiger partial charge on any atom is -0.406 e. The Labute approximate surface area is 116 Å². The highest BCUT2D eigenvalue weighted by molar-refractivity contribution is 5.50. The molecule has 1 aromatic rings. The Morgan fingerprint density at radius 2 is 1.80 bits per heavy atom. The molecule has 0 spiro atoms. The lowest BCUT2D eigenvalue weighted by Crippen LogP contribution is -2.43. The molecule has 0 bridgehead atoms. The summed E-state index contributed by atoms with van der Waals surface area (Å²) in [4.78, 5) is 2.31. The number of rotatable bonds is 4. The molecule has 0 amide bonds. The van der Waals surface area contributed by atoms with Crippen LogP contribution in [0.15, 0.2) is 30.3 Å². The zero-order chi connectivity index (χ0) is 14.4. The lowest BCUT2D eigenvalue weighted by atomic mass is 10.2. The Hall–Kier alpha value is -1.53. The minimum atomic E-state index is -4.64. The molecule has 0 unspecified atom stereocenters. The number of ether oxygens (including phenoxy) is 1. The number of benzene rings is 1. The first-order valence-electron chi connectivity index (χ1n) is 6.48. The summed E-state index contributed by atoms with van der Waals surface area (Å²) >= 11 is 0. The highest BCUT2D eigenvalue weighted by Gasteiger charge is 2.30. The van der Waals surface area contributed by atoms with E-state index in [1.54, 1.807) is 12.1 Å². The van der Waals surface area contributed by atoms with Crippen LogP contribution in [0, 0.1) is 0 Å². The van der Waals surface area contributed by atoms with Gasteiger partial charge in [0, 0.05) is 32.7 Å². The van der Waals surface area contributed by atoms with Crippen LogP contribution >= 0.6 is 0 Å². The van der Waals surface area contributed by atoms with Gasteiger partial charge in [0.1, 0.15) is 5.75 Å². The van der Waals surface area contributed by atoms with Crippen LogP contribution in [-0.4, -0.2) is 44.0 Å². The van der Waals surface area contributed by atoms with Gasteiger partial charge in [0.25, 0.3) is 0 Å². The van der Waals surface area contributed by atoms with Gasteiger partial charge in [-0.15, -0.1) is 13.2 Å². The van der Waals surface area contributed by atoms with Crippen LogP contribution in [0.5, 0.6) is 5.75 Å². The van der Waals surface area contributed by atoms with E-state index in [4.69, 9.17) is 0 Å². The second kappa shape index (κ2) is 6.76. The predicted molar refractivity (Wildman–Crippen MR) is 71.5 cm³/mol. The quantitative estimate of drug-likeness (QED) is 0.920. The molecule has 1 saturated heterocycles. The maximum atomic E-state index is 12.0. The molecular formula is C14H17F3N2O. The zero-order valence-corrected chi connectivity index (χ0v) is 11.0. The summed E-state index contributed by atoms with van der Waals surface area (Å²) in [6, 6.07) is 5.85. The molecule has 0 saturated carbocycles. The molecule has 0 aliphatic carbocycles. The molecule has 6 heteroatoms. The highest BCUT2D eigenvalue weighted by Crippen LogP contribution is 2.22. The maximum Gasteiger partial charge on any atom is 0.573 e. The van der Waals surface area contributed by atoms with E-state index in [1.165, 1.54) is 12.1 Å². The molecule has 1 aliphatic rings. The Morgan fingerprint density at radius 3 is 2.40 bits per heavy atom. The topological polar surface area (TPSA) is 24.5 Å². The Bertz CT molecular complexity index is 437. The van der Waals surface area contributed by atoms with Crippen molar-refractivity contribution < 1.29 is 17.9 Å². The molecule has 1 aromatic carbocycles. The van der Waals surface area contributed by atoms with E-state index in [0.717, 1.165) is 38.3 Å². The first-order valence-corrected chi connectivity index (χ1v) is 6.48. The largest absolute Gasteiger partial charge is 0.573 e. The van der Waals surface area contributed by atoms with Gasteiger partial charge < -0.3 is 10.1 Å². The highest BCUT2D eigenvalue weighted by atomic mass is 19.4. The number of nitrogens with zero attached hydrogens (tertiary/aromatic N) is 1. The van der Waals surface area contributed by atoms with Gasteiger partial charge in [-0.2, -0.15) is 0 Å². The van der Waals surface area contributed by atoms with Crippen LogP contribution in [0.25, 0.3) is 6.08 Å². The monoisotopic (exact) mass is 286 g/mol. The van der Waals surface area contributed by atoms with E-state index in [0.29, 0.717) is 0 Å². The van der Waals surface area contributed by atoms with Crippen molar-refractivity contribution in [2.24, 2.45) is 0 Å². The van der Waals surface area contributed by atoms with Crippen LogP contribution in [-0.2, 0) is 0 Å².